The van der Waals surface area contributed by atoms with Gasteiger partial charge in [0.25, 0.3) is 0 Å². The summed E-state index contributed by atoms with van der Waals surface area (Å²) in [4.78, 5) is 14.1. The minimum Gasteiger partial charge on any atom is -0.508 e. The number of nitrogens with zero attached hydrogens (tertiary/aromatic N) is 1. The number of carbonyl (C=O) groups is 1. The largest absolute Gasteiger partial charge is 0.508 e. The zero-order chi connectivity index (χ0) is 17.8. The van der Waals surface area contributed by atoms with Crippen LogP contribution in [-0.4, -0.2) is 43.2 Å². The fraction of sp³-hybridized carbons (Fsp3) is 0.588. The van der Waals surface area contributed by atoms with Gasteiger partial charge >= 0.3 is 0 Å². The molecular weight excluding hydrogens is 314 g/mol. The van der Waals surface area contributed by atoms with Gasteiger partial charge in [0, 0.05) is 19.0 Å². The molecule has 0 aliphatic carbocycles. The van der Waals surface area contributed by atoms with Crippen molar-refractivity contribution in [2.24, 2.45) is 11.3 Å². The fourth-order valence-electron chi connectivity index (χ4n) is 2.52. The quantitative estimate of drug-likeness (QED) is 0.827. The van der Waals surface area contributed by atoms with Gasteiger partial charge in [-0.1, -0.05) is 27.7 Å². The molecule has 0 fully saturated rings. The first-order valence-corrected chi connectivity index (χ1v) is 9.44. The van der Waals surface area contributed by atoms with Crippen molar-refractivity contribution in [2.45, 2.75) is 39.5 Å². The first-order chi connectivity index (χ1) is 10.5. The van der Waals surface area contributed by atoms with Crippen molar-refractivity contribution in [2.75, 3.05) is 18.8 Å². The highest BCUT2D eigenvalue weighted by Gasteiger charge is 2.31. The van der Waals surface area contributed by atoms with Crippen molar-refractivity contribution in [1.29, 1.82) is 0 Å². The molecule has 0 radical (unpaired) electrons. The molecule has 0 atom stereocenters. The maximum absolute atomic E-state index is 12.5. The van der Waals surface area contributed by atoms with Crippen molar-refractivity contribution in [3.63, 3.8) is 0 Å². The van der Waals surface area contributed by atoms with Gasteiger partial charge in [0.05, 0.1) is 10.6 Å². The van der Waals surface area contributed by atoms with E-state index in [1.165, 1.54) is 24.3 Å². The number of aromatic hydroxyl groups is 1. The Balaban J connectivity index is 2.91. The average Bonchev–Trinajstić information content (AvgIpc) is 2.43. The Hall–Kier alpha value is -1.56. The van der Waals surface area contributed by atoms with Gasteiger partial charge in [-0.3, -0.25) is 4.79 Å². The third kappa shape index (κ3) is 5.53. The minimum atomic E-state index is -3.48. The number of phenolic OH excluding ortho intramolecular Hbond substituents is 1. The molecule has 1 rings (SSSR count). The van der Waals surface area contributed by atoms with Crippen molar-refractivity contribution < 1.29 is 18.3 Å². The van der Waals surface area contributed by atoms with Gasteiger partial charge in [-0.05, 0) is 36.6 Å². The first-order valence-electron chi connectivity index (χ1n) is 7.79. The molecule has 0 bridgehead atoms. The average molecular weight is 341 g/mol. The van der Waals surface area contributed by atoms with E-state index in [0.717, 1.165) is 0 Å². The van der Waals surface area contributed by atoms with Crippen LogP contribution in [0.25, 0.3) is 0 Å². The van der Waals surface area contributed by atoms with Gasteiger partial charge in [0.2, 0.25) is 5.91 Å². The molecule has 5 nitrogen and oxygen atoms in total. The summed E-state index contributed by atoms with van der Waals surface area (Å²) < 4.78 is 25.1. The summed E-state index contributed by atoms with van der Waals surface area (Å²) in [6, 6.07) is 5.52. The second-order valence-electron chi connectivity index (χ2n) is 6.92. The molecule has 0 unspecified atom stereocenters. The van der Waals surface area contributed by atoms with Gasteiger partial charge < -0.3 is 10.0 Å². The topological polar surface area (TPSA) is 74.7 Å². The molecule has 0 aromatic heterocycles. The molecule has 1 aromatic rings. The Morgan fingerprint density at radius 3 is 2.17 bits per heavy atom. The van der Waals surface area contributed by atoms with Crippen molar-refractivity contribution >= 4 is 15.7 Å². The lowest BCUT2D eigenvalue weighted by Crippen LogP contribution is -2.43. The van der Waals surface area contributed by atoms with Crippen LogP contribution in [0.3, 0.4) is 0 Å². The van der Waals surface area contributed by atoms with Gasteiger partial charge in [-0.15, -0.1) is 0 Å². The molecule has 1 aromatic carbocycles. The highest BCUT2D eigenvalue weighted by Crippen LogP contribution is 2.25. The molecule has 0 aliphatic rings. The second-order valence-corrected chi connectivity index (χ2v) is 8.91. The van der Waals surface area contributed by atoms with Gasteiger partial charge in [-0.25, -0.2) is 8.42 Å². The standard InChI is InChI=1S/C17H27NO4S/c1-6-18(16(20)13(2)3)11-17(4,5)12-23(21,22)15-9-7-14(19)8-10-15/h7-10,13,19H,6,11-12H2,1-5H3. The van der Waals surface area contributed by atoms with Gasteiger partial charge in [0.15, 0.2) is 9.84 Å². The molecule has 130 valence electrons. The lowest BCUT2D eigenvalue weighted by Gasteiger charge is -2.33. The van der Waals surface area contributed by atoms with E-state index in [2.05, 4.69) is 0 Å². The summed E-state index contributed by atoms with van der Waals surface area (Å²) in [5, 5.41) is 9.28. The second kappa shape index (κ2) is 7.34. The Morgan fingerprint density at radius 1 is 1.22 bits per heavy atom. The van der Waals surface area contributed by atoms with E-state index in [4.69, 9.17) is 0 Å². The lowest BCUT2D eigenvalue weighted by atomic mass is 9.95. The van der Waals surface area contributed by atoms with Crippen LogP contribution in [-0.2, 0) is 14.6 Å². The fourth-order valence-corrected chi connectivity index (χ4v) is 4.36. The number of phenols is 1. The summed E-state index contributed by atoms with van der Waals surface area (Å²) in [6.07, 6.45) is 0. The van der Waals surface area contributed by atoms with Crippen molar-refractivity contribution in [3.05, 3.63) is 24.3 Å². The van der Waals surface area contributed by atoms with Crippen LogP contribution < -0.4 is 0 Å². The summed E-state index contributed by atoms with van der Waals surface area (Å²) in [7, 11) is -3.48. The predicted octanol–water partition coefficient (Wildman–Crippen LogP) is 2.70. The van der Waals surface area contributed by atoms with E-state index in [-0.39, 0.29) is 28.2 Å². The predicted molar refractivity (Wildman–Crippen MR) is 91.0 cm³/mol. The zero-order valence-corrected chi connectivity index (χ0v) is 15.4. The van der Waals surface area contributed by atoms with Crippen LogP contribution in [0, 0.1) is 11.3 Å². The Bertz CT molecular complexity index is 633. The molecular formula is C17H27NO4S. The van der Waals surface area contributed by atoms with Gasteiger partial charge in [-0.2, -0.15) is 0 Å². The maximum atomic E-state index is 12.5. The maximum Gasteiger partial charge on any atom is 0.225 e. The molecule has 0 saturated heterocycles. The third-order valence-corrected chi connectivity index (χ3v) is 5.73. The van der Waals surface area contributed by atoms with E-state index in [0.29, 0.717) is 13.1 Å². The van der Waals surface area contributed by atoms with E-state index in [1.54, 1.807) is 4.90 Å². The Labute approximate surface area is 139 Å². The monoisotopic (exact) mass is 341 g/mol. The number of carbonyl (C=O) groups excluding carboxylic acids is 1. The highest BCUT2D eigenvalue weighted by atomic mass is 32.2. The van der Waals surface area contributed by atoms with Crippen LogP contribution in [0.1, 0.15) is 34.6 Å². The number of hydrogen-bond donors (Lipinski definition) is 1. The molecule has 6 heteroatoms. The van der Waals surface area contributed by atoms with E-state index >= 15 is 0 Å². The SMILES string of the molecule is CCN(CC(C)(C)CS(=O)(=O)c1ccc(O)cc1)C(=O)C(C)C. The molecule has 23 heavy (non-hydrogen) atoms. The van der Waals surface area contributed by atoms with Crippen LogP contribution in [0.2, 0.25) is 0 Å². The first kappa shape index (κ1) is 19.5. The summed E-state index contributed by atoms with van der Waals surface area (Å²) in [5.41, 5.74) is -0.572. The lowest BCUT2D eigenvalue weighted by molar-refractivity contribution is -0.135. The molecule has 1 N–H and O–H groups in total. The third-order valence-electron chi connectivity index (χ3n) is 3.58. The number of amides is 1. The zero-order valence-electron chi connectivity index (χ0n) is 14.5. The molecule has 0 spiro atoms. The Kier molecular flexibility index (Phi) is 6.22. The number of benzene rings is 1. The van der Waals surface area contributed by atoms with Crippen LogP contribution in [0.4, 0.5) is 0 Å². The molecule has 1 amide bonds. The smallest absolute Gasteiger partial charge is 0.225 e. The van der Waals surface area contributed by atoms with Crippen LogP contribution in [0.5, 0.6) is 5.75 Å². The molecule has 0 saturated carbocycles. The van der Waals surface area contributed by atoms with Crippen molar-refractivity contribution in [3.8, 4) is 5.75 Å². The number of rotatable bonds is 7. The van der Waals surface area contributed by atoms with E-state index in [9.17, 15) is 18.3 Å². The van der Waals surface area contributed by atoms with E-state index in [1.807, 2.05) is 34.6 Å². The van der Waals surface area contributed by atoms with Crippen molar-refractivity contribution in [1.82, 2.24) is 4.90 Å². The molecule has 0 heterocycles. The normalized spacial score (nSPS) is 12.4. The Morgan fingerprint density at radius 2 is 1.74 bits per heavy atom. The van der Waals surface area contributed by atoms with Crippen LogP contribution >= 0.6 is 0 Å². The van der Waals surface area contributed by atoms with Gasteiger partial charge in [0.1, 0.15) is 5.75 Å². The summed E-state index contributed by atoms with van der Waals surface area (Å²) >= 11 is 0. The minimum absolute atomic E-state index is 0.0302. The number of hydrogen-bond acceptors (Lipinski definition) is 4. The molecule has 0 aliphatic heterocycles. The van der Waals surface area contributed by atoms with Crippen LogP contribution in [0.15, 0.2) is 29.2 Å². The highest BCUT2D eigenvalue weighted by molar-refractivity contribution is 7.91. The summed E-state index contributed by atoms with van der Waals surface area (Å²) in [6.45, 7) is 10.2. The van der Waals surface area contributed by atoms with E-state index < -0.39 is 15.3 Å². The number of sulfone groups is 1. The summed E-state index contributed by atoms with van der Waals surface area (Å²) in [5.74, 6) is -0.114.